The predicted octanol–water partition coefficient (Wildman–Crippen LogP) is 1.61. The van der Waals surface area contributed by atoms with Crippen LogP contribution in [0.3, 0.4) is 0 Å². The van der Waals surface area contributed by atoms with Crippen LogP contribution in [0.15, 0.2) is 18.5 Å². The Morgan fingerprint density at radius 1 is 1.40 bits per heavy atom. The number of rotatable bonds is 2. The van der Waals surface area contributed by atoms with Crippen LogP contribution in [-0.2, 0) is 0 Å². The number of hydrogen-bond donors (Lipinski definition) is 1. The fraction of sp³-hybridized carbons (Fsp3) is 0.111. The summed E-state index contributed by atoms with van der Waals surface area (Å²) in [6, 6.07) is 1.68. The van der Waals surface area contributed by atoms with Gasteiger partial charge in [0.15, 0.2) is 11.5 Å². The van der Waals surface area contributed by atoms with Crippen molar-refractivity contribution >= 4 is 17.3 Å². The molecule has 0 aliphatic carbocycles. The highest BCUT2D eigenvalue weighted by molar-refractivity contribution is 7.15. The lowest BCUT2D eigenvalue weighted by Gasteiger charge is -1.94. The van der Waals surface area contributed by atoms with Crippen LogP contribution in [0.4, 0.5) is 0 Å². The SMILES string of the molecule is Cc1nc(C(=O)O)c(-c2ncccn2)s1. The lowest BCUT2D eigenvalue weighted by molar-refractivity contribution is 0.0692. The summed E-state index contributed by atoms with van der Waals surface area (Å²) in [5.41, 5.74) is 0.0173. The molecule has 0 aliphatic rings. The minimum absolute atomic E-state index is 0.0173. The molecule has 0 aromatic carbocycles. The molecule has 0 spiro atoms. The van der Waals surface area contributed by atoms with Crippen molar-refractivity contribution in [2.24, 2.45) is 0 Å². The third-order valence-corrected chi connectivity index (χ3v) is 2.67. The molecule has 0 aliphatic heterocycles. The van der Waals surface area contributed by atoms with Crippen LogP contribution in [0.5, 0.6) is 0 Å². The molecule has 2 rings (SSSR count). The van der Waals surface area contributed by atoms with Crippen molar-refractivity contribution in [3.8, 4) is 10.7 Å². The molecule has 6 heteroatoms. The van der Waals surface area contributed by atoms with Crippen molar-refractivity contribution in [1.82, 2.24) is 15.0 Å². The first-order chi connectivity index (χ1) is 7.18. The van der Waals surface area contributed by atoms with E-state index in [4.69, 9.17) is 5.11 Å². The second kappa shape index (κ2) is 3.74. The Bertz CT molecular complexity index is 495. The van der Waals surface area contributed by atoms with E-state index in [-0.39, 0.29) is 5.69 Å². The lowest BCUT2D eigenvalue weighted by atomic mass is 10.3. The summed E-state index contributed by atoms with van der Waals surface area (Å²) in [5.74, 6) is -0.651. The Kier molecular flexibility index (Phi) is 2.42. The van der Waals surface area contributed by atoms with E-state index in [1.807, 2.05) is 0 Å². The summed E-state index contributed by atoms with van der Waals surface area (Å²) < 4.78 is 0. The molecule has 2 heterocycles. The minimum Gasteiger partial charge on any atom is -0.476 e. The summed E-state index contributed by atoms with van der Waals surface area (Å²) in [7, 11) is 0. The van der Waals surface area contributed by atoms with Gasteiger partial charge in [-0.25, -0.2) is 19.7 Å². The first-order valence-electron chi connectivity index (χ1n) is 4.16. The van der Waals surface area contributed by atoms with Crippen LogP contribution in [0.25, 0.3) is 10.7 Å². The Labute approximate surface area is 89.5 Å². The van der Waals surface area contributed by atoms with E-state index < -0.39 is 5.97 Å². The van der Waals surface area contributed by atoms with Crippen LogP contribution in [0.2, 0.25) is 0 Å². The monoisotopic (exact) mass is 221 g/mol. The van der Waals surface area contributed by atoms with E-state index in [9.17, 15) is 4.79 Å². The molecule has 76 valence electrons. The van der Waals surface area contributed by atoms with Gasteiger partial charge >= 0.3 is 5.97 Å². The van der Waals surface area contributed by atoms with Crippen LogP contribution >= 0.6 is 11.3 Å². The van der Waals surface area contributed by atoms with E-state index in [1.165, 1.54) is 11.3 Å². The van der Waals surface area contributed by atoms with Gasteiger partial charge in [-0.2, -0.15) is 0 Å². The molecule has 1 N–H and O–H groups in total. The van der Waals surface area contributed by atoms with E-state index in [0.717, 1.165) is 0 Å². The Balaban J connectivity index is 2.58. The molecule has 2 aromatic rings. The van der Waals surface area contributed by atoms with Gasteiger partial charge < -0.3 is 5.11 Å². The fourth-order valence-electron chi connectivity index (χ4n) is 1.14. The summed E-state index contributed by atoms with van der Waals surface area (Å²) in [5, 5.41) is 9.62. The maximum Gasteiger partial charge on any atom is 0.356 e. The second-order valence-corrected chi connectivity index (χ2v) is 3.99. The van der Waals surface area contributed by atoms with Gasteiger partial charge in [-0.3, -0.25) is 0 Å². The van der Waals surface area contributed by atoms with Crippen molar-refractivity contribution < 1.29 is 9.90 Å². The highest BCUT2D eigenvalue weighted by atomic mass is 32.1. The quantitative estimate of drug-likeness (QED) is 0.833. The fourth-order valence-corrected chi connectivity index (χ4v) is 2.00. The van der Waals surface area contributed by atoms with Crippen LogP contribution in [0.1, 0.15) is 15.5 Å². The largest absolute Gasteiger partial charge is 0.476 e. The zero-order valence-electron chi connectivity index (χ0n) is 7.84. The molecule has 0 bridgehead atoms. The molecule has 2 aromatic heterocycles. The molecule has 15 heavy (non-hydrogen) atoms. The maximum atomic E-state index is 10.9. The first-order valence-corrected chi connectivity index (χ1v) is 4.98. The molecule has 5 nitrogen and oxygen atoms in total. The number of aromatic nitrogens is 3. The Morgan fingerprint density at radius 2 is 2.07 bits per heavy atom. The van der Waals surface area contributed by atoms with E-state index in [0.29, 0.717) is 15.7 Å². The van der Waals surface area contributed by atoms with Crippen LogP contribution in [-0.4, -0.2) is 26.0 Å². The van der Waals surface area contributed by atoms with E-state index in [1.54, 1.807) is 25.4 Å². The lowest BCUT2D eigenvalue weighted by Crippen LogP contribution is -2.00. The highest BCUT2D eigenvalue weighted by Gasteiger charge is 2.18. The second-order valence-electron chi connectivity index (χ2n) is 2.79. The van der Waals surface area contributed by atoms with Crippen molar-refractivity contribution in [3.05, 3.63) is 29.2 Å². The van der Waals surface area contributed by atoms with Gasteiger partial charge in [0.05, 0.1) is 5.01 Å². The number of carbonyl (C=O) groups is 1. The molecular weight excluding hydrogens is 214 g/mol. The summed E-state index contributed by atoms with van der Waals surface area (Å²) in [6.07, 6.45) is 3.14. The number of aromatic carboxylic acids is 1. The predicted molar refractivity (Wildman–Crippen MR) is 54.8 cm³/mol. The topological polar surface area (TPSA) is 76.0 Å². The van der Waals surface area contributed by atoms with Gasteiger partial charge in [0.2, 0.25) is 0 Å². The Hall–Kier alpha value is -1.82. The highest BCUT2D eigenvalue weighted by Crippen LogP contribution is 2.26. The summed E-state index contributed by atoms with van der Waals surface area (Å²) in [4.78, 5) is 23.3. The third-order valence-electron chi connectivity index (χ3n) is 1.71. The smallest absolute Gasteiger partial charge is 0.356 e. The summed E-state index contributed by atoms with van der Waals surface area (Å²) >= 11 is 1.28. The van der Waals surface area contributed by atoms with Crippen molar-refractivity contribution in [2.45, 2.75) is 6.92 Å². The molecule has 0 fully saturated rings. The number of carboxylic acid groups (broad SMARTS) is 1. The zero-order chi connectivity index (χ0) is 10.8. The summed E-state index contributed by atoms with van der Waals surface area (Å²) in [6.45, 7) is 1.75. The van der Waals surface area contributed by atoms with Gasteiger partial charge in [-0.15, -0.1) is 11.3 Å². The van der Waals surface area contributed by atoms with Gasteiger partial charge in [0.1, 0.15) is 4.88 Å². The first kappa shape index (κ1) is 9.72. The number of thiazole rings is 1. The average molecular weight is 221 g/mol. The van der Waals surface area contributed by atoms with E-state index >= 15 is 0 Å². The number of carboxylic acids is 1. The number of hydrogen-bond acceptors (Lipinski definition) is 5. The molecule has 0 saturated carbocycles. The van der Waals surface area contributed by atoms with Crippen LogP contribution in [0, 0.1) is 6.92 Å². The van der Waals surface area contributed by atoms with Crippen molar-refractivity contribution in [2.75, 3.05) is 0 Å². The number of aryl methyl sites for hydroxylation is 1. The average Bonchev–Trinajstić information content (AvgIpc) is 2.62. The molecule has 0 saturated heterocycles. The molecular formula is C9H7N3O2S. The van der Waals surface area contributed by atoms with Gasteiger partial charge in [0, 0.05) is 12.4 Å². The molecule has 0 radical (unpaired) electrons. The van der Waals surface area contributed by atoms with Crippen molar-refractivity contribution in [3.63, 3.8) is 0 Å². The minimum atomic E-state index is -1.05. The zero-order valence-corrected chi connectivity index (χ0v) is 8.65. The molecule has 0 unspecified atom stereocenters. The Morgan fingerprint density at radius 3 is 2.67 bits per heavy atom. The standard InChI is InChI=1S/C9H7N3O2S/c1-5-12-6(9(13)14)7(15-5)8-10-3-2-4-11-8/h2-4H,1H3,(H,13,14). The van der Waals surface area contributed by atoms with Crippen molar-refractivity contribution in [1.29, 1.82) is 0 Å². The molecule has 0 atom stereocenters. The number of nitrogens with zero attached hydrogens (tertiary/aromatic N) is 3. The third kappa shape index (κ3) is 1.84. The van der Waals surface area contributed by atoms with Crippen LogP contribution < -0.4 is 0 Å². The van der Waals surface area contributed by atoms with Gasteiger partial charge in [0.25, 0.3) is 0 Å². The normalized spacial score (nSPS) is 10.2. The maximum absolute atomic E-state index is 10.9. The van der Waals surface area contributed by atoms with E-state index in [2.05, 4.69) is 15.0 Å². The van der Waals surface area contributed by atoms with Gasteiger partial charge in [-0.05, 0) is 13.0 Å². The molecule has 0 amide bonds. The van der Waals surface area contributed by atoms with Gasteiger partial charge in [-0.1, -0.05) is 0 Å².